The Balaban J connectivity index is 1.41. The van der Waals surface area contributed by atoms with Crippen LogP contribution in [0.5, 0.6) is 0 Å². The fourth-order valence-corrected chi connectivity index (χ4v) is 4.28. The van der Waals surface area contributed by atoms with Gasteiger partial charge >= 0.3 is 0 Å². The van der Waals surface area contributed by atoms with Crippen LogP contribution in [0.1, 0.15) is 16.8 Å². The number of carbonyl (C=O) groups is 1. The number of aromatic nitrogens is 4. The molecular weight excluding hydrogens is 387 g/mol. The maximum atomic E-state index is 13.2. The minimum atomic E-state index is -0.365. The van der Waals surface area contributed by atoms with Crippen LogP contribution in [-0.2, 0) is 7.05 Å². The van der Waals surface area contributed by atoms with E-state index >= 15 is 0 Å². The van der Waals surface area contributed by atoms with Gasteiger partial charge in [-0.3, -0.25) is 14.2 Å². The van der Waals surface area contributed by atoms with Crippen LogP contribution in [0.3, 0.4) is 0 Å². The molecule has 2 atom stereocenters. The van der Waals surface area contributed by atoms with Crippen molar-refractivity contribution in [3.63, 3.8) is 0 Å². The molecule has 2 bridgehead atoms. The van der Waals surface area contributed by atoms with Crippen molar-refractivity contribution < 1.29 is 9.18 Å². The zero-order chi connectivity index (χ0) is 20.8. The minimum absolute atomic E-state index is 0.0205. The fraction of sp³-hybridized carbons (Fsp3) is 0.286. The third-order valence-electron chi connectivity index (χ3n) is 5.81. The third-order valence-corrected chi connectivity index (χ3v) is 5.81. The van der Waals surface area contributed by atoms with Gasteiger partial charge in [0, 0.05) is 38.0 Å². The predicted octanol–water partition coefficient (Wildman–Crippen LogP) is 1.48. The molecule has 3 aromatic rings. The molecule has 2 aromatic heterocycles. The van der Waals surface area contributed by atoms with Crippen LogP contribution in [0.25, 0.3) is 11.4 Å². The topological polar surface area (TPSA) is 84.2 Å². The van der Waals surface area contributed by atoms with E-state index in [-0.39, 0.29) is 29.4 Å². The number of carbonyl (C=O) groups excluding carboxylic acids is 1. The SMILES string of the molecule is Cn1c(N2CC3C[C@@H]2CN3C(=O)c2ccc(F)cc2)nc(-c2ccncn2)cc1=O. The lowest BCUT2D eigenvalue weighted by molar-refractivity contribution is 0.0725. The maximum Gasteiger partial charge on any atom is 0.255 e. The molecule has 5 rings (SSSR count). The molecule has 30 heavy (non-hydrogen) atoms. The van der Waals surface area contributed by atoms with E-state index in [1.807, 2.05) is 4.90 Å². The molecule has 0 aliphatic carbocycles. The lowest BCUT2D eigenvalue weighted by atomic mass is 10.1. The van der Waals surface area contributed by atoms with Gasteiger partial charge < -0.3 is 9.80 Å². The normalized spacial score (nSPS) is 20.1. The number of hydrogen-bond acceptors (Lipinski definition) is 6. The van der Waals surface area contributed by atoms with Crippen molar-refractivity contribution in [3.05, 3.63) is 70.7 Å². The molecule has 0 N–H and O–H groups in total. The first kappa shape index (κ1) is 18.4. The molecule has 2 saturated heterocycles. The van der Waals surface area contributed by atoms with E-state index < -0.39 is 0 Å². The molecule has 2 aliphatic heterocycles. The summed E-state index contributed by atoms with van der Waals surface area (Å²) >= 11 is 0. The van der Waals surface area contributed by atoms with E-state index in [1.54, 1.807) is 19.3 Å². The second kappa shape index (κ2) is 7.01. The van der Waals surface area contributed by atoms with Gasteiger partial charge in [0.15, 0.2) is 0 Å². The molecule has 1 unspecified atom stereocenters. The van der Waals surface area contributed by atoms with Gasteiger partial charge in [-0.15, -0.1) is 0 Å². The largest absolute Gasteiger partial charge is 0.335 e. The van der Waals surface area contributed by atoms with Crippen molar-refractivity contribution in [1.29, 1.82) is 0 Å². The Morgan fingerprint density at radius 2 is 1.90 bits per heavy atom. The number of likely N-dealkylation sites (tertiary alicyclic amines) is 1. The molecule has 152 valence electrons. The second-order valence-corrected chi connectivity index (χ2v) is 7.59. The number of fused-ring (bicyclic) bond motifs is 2. The number of hydrogen-bond donors (Lipinski definition) is 0. The van der Waals surface area contributed by atoms with Crippen LogP contribution in [0.15, 0.2) is 53.7 Å². The van der Waals surface area contributed by atoms with E-state index in [0.29, 0.717) is 36.0 Å². The summed E-state index contributed by atoms with van der Waals surface area (Å²) < 4.78 is 14.7. The summed E-state index contributed by atoms with van der Waals surface area (Å²) in [5, 5.41) is 0. The lowest BCUT2D eigenvalue weighted by Gasteiger charge is -2.35. The highest BCUT2D eigenvalue weighted by molar-refractivity contribution is 5.95. The fourth-order valence-electron chi connectivity index (χ4n) is 4.28. The van der Waals surface area contributed by atoms with Crippen LogP contribution in [0.2, 0.25) is 0 Å². The molecule has 9 heteroatoms. The standard InChI is InChI=1S/C21H19FN6O2/c1-26-19(29)9-18(17-6-7-23-12-24-17)25-21(26)28-11-15-8-16(28)10-27(15)20(30)13-2-4-14(22)5-3-13/h2-7,9,12,15-16H,8,10-11H2,1H3/t15?,16-/m1/s1. The summed E-state index contributed by atoms with van der Waals surface area (Å²) in [6.45, 7) is 1.12. The smallest absolute Gasteiger partial charge is 0.255 e. The van der Waals surface area contributed by atoms with E-state index in [2.05, 4.69) is 14.9 Å². The van der Waals surface area contributed by atoms with Crippen molar-refractivity contribution in [1.82, 2.24) is 24.4 Å². The van der Waals surface area contributed by atoms with Gasteiger partial charge in [-0.2, -0.15) is 0 Å². The molecule has 0 radical (unpaired) electrons. The van der Waals surface area contributed by atoms with Crippen LogP contribution in [0, 0.1) is 5.82 Å². The summed E-state index contributed by atoms with van der Waals surface area (Å²) in [6.07, 6.45) is 3.84. The third kappa shape index (κ3) is 3.02. The molecule has 4 heterocycles. The van der Waals surface area contributed by atoms with Crippen LogP contribution in [0.4, 0.5) is 10.3 Å². The summed E-state index contributed by atoms with van der Waals surface area (Å²) in [5.41, 5.74) is 1.39. The molecule has 1 aromatic carbocycles. The number of nitrogens with zero attached hydrogens (tertiary/aromatic N) is 6. The van der Waals surface area contributed by atoms with Crippen LogP contribution in [-0.4, -0.2) is 55.5 Å². The monoisotopic (exact) mass is 406 g/mol. The van der Waals surface area contributed by atoms with Crippen molar-refractivity contribution in [2.24, 2.45) is 7.05 Å². The van der Waals surface area contributed by atoms with Gasteiger partial charge in [-0.1, -0.05) is 0 Å². The zero-order valence-electron chi connectivity index (χ0n) is 16.3. The first-order valence-corrected chi connectivity index (χ1v) is 9.69. The average Bonchev–Trinajstić information content (AvgIpc) is 3.37. The molecular formula is C21H19FN6O2. The predicted molar refractivity (Wildman–Crippen MR) is 107 cm³/mol. The second-order valence-electron chi connectivity index (χ2n) is 7.59. The Kier molecular flexibility index (Phi) is 4.30. The lowest BCUT2D eigenvalue weighted by Crippen LogP contribution is -2.50. The van der Waals surface area contributed by atoms with Gasteiger partial charge in [0.25, 0.3) is 11.5 Å². The Hall–Kier alpha value is -3.62. The van der Waals surface area contributed by atoms with Gasteiger partial charge in [-0.25, -0.2) is 19.3 Å². The Labute approximate surface area is 171 Å². The molecule has 0 spiro atoms. The summed E-state index contributed by atoms with van der Waals surface area (Å²) in [5.74, 6) is 0.104. The number of piperazine rings is 1. The van der Waals surface area contributed by atoms with Gasteiger partial charge in [-0.05, 0) is 36.8 Å². The first-order valence-electron chi connectivity index (χ1n) is 9.69. The Bertz CT molecular complexity index is 1160. The van der Waals surface area contributed by atoms with Gasteiger partial charge in [0.1, 0.15) is 12.1 Å². The average molecular weight is 406 g/mol. The number of halogens is 1. The van der Waals surface area contributed by atoms with E-state index in [1.165, 1.54) is 41.2 Å². The van der Waals surface area contributed by atoms with Crippen molar-refractivity contribution in [2.75, 3.05) is 18.0 Å². The van der Waals surface area contributed by atoms with Gasteiger partial charge in [0.05, 0.1) is 23.5 Å². The quantitative estimate of drug-likeness (QED) is 0.655. The molecule has 1 amide bonds. The number of benzene rings is 1. The van der Waals surface area contributed by atoms with Crippen molar-refractivity contribution in [3.8, 4) is 11.4 Å². The maximum absolute atomic E-state index is 13.2. The van der Waals surface area contributed by atoms with Crippen LogP contribution < -0.4 is 10.5 Å². The molecule has 0 saturated carbocycles. The molecule has 2 fully saturated rings. The Morgan fingerprint density at radius 1 is 1.10 bits per heavy atom. The highest BCUT2D eigenvalue weighted by atomic mass is 19.1. The Morgan fingerprint density at radius 3 is 2.57 bits per heavy atom. The zero-order valence-corrected chi connectivity index (χ0v) is 16.3. The van der Waals surface area contributed by atoms with E-state index in [9.17, 15) is 14.0 Å². The van der Waals surface area contributed by atoms with Crippen molar-refractivity contribution in [2.45, 2.75) is 18.5 Å². The summed E-state index contributed by atoms with van der Waals surface area (Å²) in [7, 11) is 1.70. The van der Waals surface area contributed by atoms with Crippen LogP contribution >= 0.6 is 0 Å². The highest BCUT2D eigenvalue weighted by Crippen LogP contribution is 2.34. The van der Waals surface area contributed by atoms with E-state index in [0.717, 1.165) is 6.42 Å². The minimum Gasteiger partial charge on any atom is -0.335 e. The molecule has 8 nitrogen and oxygen atoms in total. The van der Waals surface area contributed by atoms with Gasteiger partial charge in [0.2, 0.25) is 5.95 Å². The van der Waals surface area contributed by atoms with Crippen molar-refractivity contribution >= 4 is 11.9 Å². The summed E-state index contributed by atoms with van der Waals surface area (Å²) in [6, 6.07) is 8.88. The number of rotatable bonds is 3. The van der Waals surface area contributed by atoms with E-state index in [4.69, 9.17) is 4.98 Å². The number of amides is 1. The molecule has 2 aliphatic rings. The highest BCUT2D eigenvalue weighted by Gasteiger charge is 2.46. The first-order chi connectivity index (χ1) is 14.5. The summed E-state index contributed by atoms with van der Waals surface area (Å²) in [4.78, 5) is 42.1. The number of anilines is 1.